The van der Waals surface area contributed by atoms with E-state index in [2.05, 4.69) is 16.0 Å². The number of carbonyl (C=O) groups excluding carboxylic acids is 2. The number of amides is 2. The quantitative estimate of drug-likeness (QED) is 0.462. The van der Waals surface area contributed by atoms with Crippen LogP contribution in [0.4, 0.5) is 0 Å². The fourth-order valence-corrected chi connectivity index (χ4v) is 2.63. The predicted octanol–water partition coefficient (Wildman–Crippen LogP) is -0.239. The van der Waals surface area contributed by atoms with Crippen LogP contribution in [0.1, 0.15) is 25.3 Å². The minimum atomic E-state index is -1.15. The predicted molar refractivity (Wildman–Crippen MR) is 90.0 cm³/mol. The number of benzene rings is 1. The standard InChI is InChI=1S/C17H23N3O5/c1-10(17(24)25)19-16(23)14(9-11-4-6-12(21)7-5-11)20-15(22)13-3-2-8-18-13/h4-7,10,13-14,18,21H,2-3,8-9H2,1H3,(H,19,23)(H,20,22)(H,24,25). The summed E-state index contributed by atoms with van der Waals surface area (Å²) in [5.74, 6) is -1.89. The van der Waals surface area contributed by atoms with Gasteiger partial charge in [0, 0.05) is 6.42 Å². The number of hydrogen-bond acceptors (Lipinski definition) is 5. The molecule has 2 rings (SSSR count). The van der Waals surface area contributed by atoms with Gasteiger partial charge in [0.05, 0.1) is 6.04 Å². The fraction of sp³-hybridized carbons (Fsp3) is 0.471. The molecular weight excluding hydrogens is 326 g/mol. The molecule has 0 saturated carbocycles. The van der Waals surface area contributed by atoms with Crippen LogP contribution in [-0.4, -0.2) is 52.7 Å². The summed E-state index contributed by atoms with van der Waals surface area (Å²) in [5, 5.41) is 26.4. The molecule has 1 aromatic rings. The second-order valence-electron chi connectivity index (χ2n) is 6.15. The lowest BCUT2D eigenvalue weighted by Crippen LogP contribution is -2.54. The van der Waals surface area contributed by atoms with Gasteiger partial charge in [-0.1, -0.05) is 12.1 Å². The first-order chi connectivity index (χ1) is 11.9. The highest BCUT2D eigenvalue weighted by Crippen LogP contribution is 2.12. The Labute approximate surface area is 145 Å². The summed E-state index contributed by atoms with van der Waals surface area (Å²) in [6, 6.07) is 3.98. The number of nitrogens with one attached hydrogen (secondary N) is 3. The Morgan fingerprint density at radius 2 is 1.92 bits per heavy atom. The molecule has 5 N–H and O–H groups in total. The zero-order valence-corrected chi connectivity index (χ0v) is 14.0. The first kappa shape index (κ1) is 18.7. The lowest BCUT2D eigenvalue weighted by atomic mass is 10.0. The van der Waals surface area contributed by atoms with E-state index < -0.39 is 24.0 Å². The van der Waals surface area contributed by atoms with Crippen molar-refractivity contribution in [3.05, 3.63) is 29.8 Å². The maximum atomic E-state index is 12.4. The van der Waals surface area contributed by atoms with Gasteiger partial charge in [0.1, 0.15) is 17.8 Å². The molecule has 2 amide bonds. The van der Waals surface area contributed by atoms with E-state index >= 15 is 0 Å². The maximum absolute atomic E-state index is 12.4. The number of carboxylic acids is 1. The van der Waals surface area contributed by atoms with E-state index in [1.165, 1.54) is 19.1 Å². The van der Waals surface area contributed by atoms with Crippen molar-refractivity contribution in [1.29, 1.82) is 0 Å². The average molecular weight is 349 g/mol. The van der Waals surface area contributed by atoms with Crippen LogP contribution >= 0.6 is 0 Å². The van der Waals surface area contributed by atoms with Crippen LogP contribution in [0.5, 0.6) is 5.75 Å². The minimum Gasteiger partial charge on any atom is -0.508 e. The maximum Gasteiger partial charge on any atom is 0.325 e. The van der Waals surface area contributed by atoms with E-state index in [0.717, 1.165) is 18.5 Å². The van der Waals surface area contributed by atoms with Crippen LogP contribution in [0.25, 0.3) is 0 Å². The molecular formula is C17H23N3O5. The summed E-state index contributed by atoms with van der Waals surface area (Å²) in [5.41, 5.74) is 0.737. The Bertz CT molecular complexity index is 626. The van der Waals surface area contributed by atoms with Crippen LogP contribution in [0, 0.1) is 0 Å². The number of carbonyl (C=O) groups is 3. The lowest BCUT2D eigenvalue weighted by Gasteiger charge is -2.22. The molecule has 25 heavy (non-hydrogen) atoms. The average Bonchev–Trinajstić information content (AvgIpc) is 3.10. The number of hydrogen-bond donors (Lipinski definition) is 5. The SMILES string of the molecule is CC(NC(=O)C(Cc1ccc(O)cc1)NC(=O)C1CCCN1)C(=O)O. The first-order valence-electron chi connectivity index (χ1n) is 8.21. The van der Waals surface area contributed by atoms with Gasteiger partial charge in [-0.3, -0.25) is 14.4 Å². The van der Waals surface area contributed by atoms with Crippen LogP contribution in [0.3, 0.4) is 0 Å². The third-order valence-corrected chi connectivity index (χ3v) is 4.12. The van der Waals surface area contributed by atoms with E-state index in [1.807, 2.05) is 0 Å². The Hall–Kier alpha value is -2.61. The van der Waals surface area contributed by atoms with Crippen molar-refractivity contribution in [2.45, 2.75) is 44.3 Å². The minimum absolute atomic E-state index is 0.100. The molecule has 0 aromatic heterocycles. The second-order valence-corrected chi connectivity index (χ2v) is 6.15. The van der Waals surface area contributed by atoms with Gasteiger partial charge in [-0.05, 0) is 44.0 Å². The number of aliphatic carboxylic acids is 1. The molecule has 8 nitrogen and oxygen atoms in total. The van der Waals surface area contributed by atoms with E-state index in [-0.39, 0.29) is 24.1 Å². The van der Waals surface area contributed by atoms with E-state index in [9.17, 15) is 19.5 Å². The number of carboxylic acid groups (broad SMARTS) is 1. The normalized spacial score (nSPS) is 19.0. The van der Waals surface area contributed by atoms with Gasteiger partial charge < -0.3 is 26.2 Å². The molecule has 1 aliphatic heterocycles. The van der Waals surface area contributed by atoms with Gasteiger partial charge >= 0.3 is 5.97 Å². The number of phenols is 1. The van der Waals surface area contributed by atoms with Gasteiger partial charge in [0.15, 0.2) is 0 Å². The number of rotatable bonds is 7. The van der Waals surface area contributed by atoms with Gasteiger partial charge in [0.25, 0.3) is 0 Å². The number of aromatic hydroxyl groups is 1. The van der Waals surface area contributed by atoms with Crippen molar-refractivity contribution in [2.75, 3.05) is 6.54 Å². The zero-order valence-electron chi connectivity index (χ0n) is 14.0. The summed E-state index contributed by atoms with van der Waals surface area (Å²) in [7, 11) is 0. The number of phenolic OH excluding ortho intramolecular Hbond substituents is 1. The molecule has 1 heterocycles. The molecule has 1 saturated heterocycles. The van der Waals surface area contributed by atoms with Crippen LogP contribution in [0.15, 0.2) is 24.3 Å². The first-order valence-corrected chi connectivity index (χ1v) is 8.21. The van der Waals surface area contributed by atoms with Crippen molar-refractivity contribution in [3.8, 4) is 5.75 Å². The van der Waals surface area contributed by atoms with Crippen molar-refractivity contribution in [2.24, 2.45) is 0 Å². The third kappa shape index (κ3) is 5.46. The summed E-state index contributed by atoms with van der Waals surface area (Å²) in [6.07, 6.45) is 1.78. The summed E-state index contributed by atoms with van der Waals surface area (Å²) in [4.78, 5) is 35.7. The molecule has 3 atom stereocenters. The molecule has 1 aliphatic rings. The topological polar surface area (TPSA) is 128 Å². The van der Waals surface area contributed by atoms with Crippen molar-refractivity contribution >= 4 is 17.8 Å². The van der Waals surface area contributed by atoms with Gasteiger partial charge in [-0.15, -0.1) is 0 Å². The Morgan fingerprint density at radius 3 is 2.48 bits per heavy atom. The van der Waals surface area contributed by atoms with Crippen LogP contribution in [0.2, 0.25) is 0 Å². The highest BCUT2D eigenvalue weighted by Gasteiger charge is 2.28. The lowest BCUT2D eigenvalue weighted by molar-refractivity contribution is -0.141. The van der Waals surface area contributed by atoms with Gasteiger partial charge in [0.2, 0.25) is 11.8 Å². The van der Waals surface area contributed by atoms with E-state index in [4.69, 9.17) is 5.11 Å². The van der Waals surface area contributed by atoms with Gasteiger partial charge in [-0.2, -0.15) is 0 Å². The van der Waals surface area contributed by atoms with Crippen molar-refractivity contribution in [3.63, 3.8) is 0 Å². The monoisotopic (exact) mass is 349 g/mol. The van der Waals surface area contributed by atoms with E-state index in [1.54, 1.807) is 12.1 Å². The summed E-state index contributed by atoms with van der Waals surface area (Å²) < 4.78 is 0. The molecule has 1 aromatic carbocycles. The molecule has 0 spiro atoms. The molecule has 0 aliphatic carbocycles. The summed E-state index contributed by atoms with van der Waals surface area (Å²) in [6.45, 7) is 2.11. The Kier molecular flexibility index (Phi) is 6.35. The smallest absolute Gasteiger partial charge is 0.325 e. The van der Waals surface area contributed by atoms with Gasteiger partial charge in [-0.25, -0.2) is 0 Å². The molecule has 8 heteroatoms. The highest BCUT2D eigenvalue weighted by atomic mass is 16.4. The van der Waals surface area contributed by atoms with Crippen LogP contribution in [-0.2, 0) is 20.8 Å². The van der Waals surface area contributed by atoms with Crippen molar-refractivity contribution < 1.29 is 24.6 Å². The van der Waals surface area contributed by atoms with E-state index in [0.29, 0.717) is 6.42 Å². The summed E-state index contributed by atoms with van der Waals surface area (Å²) >= 11 is 0. The molecule has 0 bridgehead atoms. The molecule has 3 unspecified atom stereocenters. The largest absolute Gasteiger partial charge is 0.508 e. The third-order valence-electron chi connectivity index (χ3n) is 4.12. The zero-order chi connectivity index (χ0) is 18.4. The second kappa shape index (κ2) is 8.48. The van der Waals surface area contributed by atoms with Crippen molar-refractivity contribution in [1.82, 2.24) is 16.0 Å². The Morgan fingerprint density at radius 1 is 1.24 bits per heavy atom. The highest BCUT2D eigenvalue weighted by molar-refractivity contribution is 5.92. The molecule has 1 fully saturated rings. The van der Waals surface area contributed by atoms with Crippen LogP contribution < -0.4 is 16.0 Å². The molecule has 136 valence electrons. The fourth-order valence-electron chi connectivity index (χ4n) is 2.63. The Balaban J connectivity index is 2.08. The molecule has 0 radical (unpaired) electrons.